The van der Waals surface area contributed by atoms with Gasteiger partial charge in [0.1, 0.15) is 18.7 Å². The summed E-state index contributed by atoms with van der Waals surface area (Å²) < 4.78 is 92.8. The number of ether oxygens (including phenoxy) is 2. The van der Waals surface area contributed by atoms with Gasteiger partial charge in [-0.25, -0.2) is 10.9 Å². The maximum absolute atomic E-state index is 13.6. The summed E-state index contributed by atoms with van der Waals surface area (Å²) in [6.07, 6.45) is -11.9. The van der Waals surface area contributed by atoms with Crippen molar-refractivity contribution in [2.75, 3.05) is 6.61 Å². The molecule has 3 aliphatic rings. The molecule has 6 unspecified atom stereocenters. The normalized spacial score (nSPS) is 41.3. The Labute approximate surface area is 171 Å². The molecule has 6 nitrogen and oxygen atoms in total. The maximum Gasteiger partial charge on any atom is 0.395 e. The molecule has 0 spiro atoms. The summed E-state index contributed by atoms with van der Waals surface area (Å²) in [5.41, 5.74) is 10.6. The summed E-state index contributed by atoms with van der Waals surface area (Å²) in [5, 5.41) is 2.76. The highest BCUT2D eigenvalue weighted by molar-refractivity contribution is 4.98. The predicted molar refractivity (Wildman–Crippen MR) is 95.5 cm³/mol. The van der Waals surface area contributed by atoms with E-state index in [-0.39, 0.29) is 13.0 Å². The molecule has 0 radical (unpaired) electrons. The topological polar surface area (TPSA) is 80.6 Å². The Hall–Kier alpha value is -0.660. The maximum atomic E-state index is 13.6. The molecule has 0 aromatic rings. The number of hydrogen-bond donors (Lipinski definition) is 4. The Balaban J connectivity index is 1.85. The van der Waals surface area contributed by atoms with Gasteiger partial charge >= 0.3 is 12.4 Å². The molecule has 0 aromatic heterocycles. The highest BCUT2D eigenvalue weighted by Crippen LogP contribution is 2.40. The first-order chi connectivity index (χ1) is 13.8. The molecule has 3 rings (SSSR count). The molecule has 0 aliphatic carbocycles. The number of nitrogens with two attached hydrogens (primary N) is 1. The van der Waals surface area contributed by atoms with Crippen molar-refractivity contribution >= 4 is 0 Å². The minimum atomic E-state index is -4.53. The number of hydrazine groups is 1. The lowest BCUT2D eigenvalue weighted by Crippen LogP contribution is -2.67. The van der Waals surface area contributed by atoms with Gasteiger partial charge in [-0.2, -0.15) is 26.3 Å². The standard InChI is InChI=1S/C18H30F6N4O2/c1-16(2)6-4-3-5-9(17(19,20)21)14-27-28-15(30-14)12-11(25)7-10(18(22,23)24)13(26-12)29-8-16/h9-15,26-28H,3-8,25H2,1-2H3/t9-,10?,11?,12?,13?,14?,15?/m1/s1. The predicted octanol–water partition coefficient (Wildman–Crippen LogP) is 2.75. The molecule has 12 heteroatoms. The number of halogens is 6. The van der Waals surface area contributed by atoms with Gasteiger partial charge in [0.15, 0.2) is 0 Å². The van der Waals surface area contributed by atoms with Gasteiger partial charge in [0.2, 0.25) is 0 Å². The van der Waals surface area contributed by atoms with Gasteiger partial charge in [-0.05, 0) is 24.7 Å². The Morgan fingerprint density at radius 3 is 2.17 bits per heavy atom. The number of rotatable bonds is 0. The van der Waals surface area contributed by atoms with E-state index in [0.717, 1.165) is 0 Å². The molecule has 3 saturated heterocycles. The Kier molecular flexibility index (Phi) is 6.96. The van der Waals surface area contributed by atoms with Crippen LogP contribution in [-0.2, 0) is 9.47 Å². The number of hydrogen-bond acceptors (Lipinski definition) is 6. The molecule has 30 heavy (non-hydrogen) atoms. The SMILES string of the molecule is CC1(C)CCCC[C@@H](C(F)(F)F)C2NNC(O2)C2NC(OC1)C(C(F)(F)F)CC2N. The van der Waals surface area contributed by atoms with Crippen LogP contribution >= 0.6 is 0 Å². The van der Waals surface area contributed by atoms with Gasteiger partial charge in [0.25, 0.3) is 0 Å². The van der Waals surface area contributed by atoms with Crippen molar-refractivity contribution in [3.05, 3.63) is 0 Å². The van der Waals surface area contributed by atoms with Crippen LogP contribution in [-0.4, -0.2) is 49.7 Å². The molecule has 3 fully saturated rings. The second-order valence-electron chi connectivity index (χ2n) is 9.30. The molecule has 4 bridgehead atoms. The van der Waals surface area contributed by atoms with Crippen molar-refractivity contribution in [3.8, 4) is 0 Å². The lowest BCUT2D eigenvalue weighted by molar-refractivity contribution is -0.236. The van der Waals surface area contributed by atoms with Crippen LogP contribution in [0.2, 0.25) is 0 Å². The molecule has 0 saturated carbocycles. The van der Waals surface area contributed by atoms with Crippen LogP contribution in [0.1, 0.15) is 46.0 Å². The van der Waals surface area contributed by atoms with E-state index >= 15 is 0 Å². The van der Waals surface area contributed by atoms with Crippen molar-refractivity contribution in [1.82, 2.24) is 16.2 Å². The van der Waals surface area contributed by atoms with Crippen LogP contribution in [0.4, 0.5) is 26.3 Å². The fourth-order valence-corrected chi connectivity index (χ4v) is 4.38. The van der Waals surface area contributed by atoms with Crippen LogP contribution in [0, 0.1) is 17.3 Å². The second-order valence-corrected chi connectivity index (χ2v) is 9.30. The third-order valence-corrected chi connectivity index (χ3v) is 6.18. The largest absolute Gasteiger partial charge is 0.395 e. The molecule has 7 atom stereocenters. The van der Waals surface area contributed by atoms with Gasteiger partial charge < -0.3 is 15.2 Å². The van der Waals surface area contributed by atoms with E-state index in [1.807, 2.05) is 13.8 Å². The van der Waals surface area contributed by atoms with Crippen LogP contribution < -0.4 is 21.9 Å². The molecule has 3 aliphatic heterocycles. The van der Waals surface area contributed by atoms with Gasteiger partial charge in [-0.3, -0.25) is 5.32 Å². The number of fused-ring (bicyclic) bond motifs is 5. The lowest BCUT2D eigenvalue weighted by atomic mass is 9.85. The zero-order chi connectivity index (χ0) is 22.3. The molecular formula is C18H30F6N4O2. The fourth-order valence-electron chi connectivity index (χ4n) is 4.38. The van der Waals surface area contributed by atoms with E-state index in [9.17, 15) is 26.3 Å². The first-order valence-corrected chi connectivity index (χ1v) is 10.2. The van der Waals surface area contributed by atoms with Crippen molar-refractivity contribution in [1.29, 1.82) is 0 Å². The van der Waals surface area contributed by atoms with Crippen molar-refractivity contribution < 1.29 is 35.8 Å². The van der Waals surface area contributed by atoms with E-state index in [1.165, 1.54) is 0 Å². The summed E-state index contributed by atoms with van der Waals surface area (Å²) >= 11 is 0. The second kappa shape index (κ2) is 8.70. The summed E-state index contributed by atoms with van der Waals surface area (Å²) in [5.74, 6) is -3.56. The molecule has 0 amide bonds. The summed E-state index contributed by atoms with van der Waals surface area (Å²) in [6, 6.07) is -1.84. The molecule has 0 aromatic carbocycles. The molecule has 3 heterocycles. The third kappa shape index (κ3) is 5.57. The number of alkyl halides is 6. The quantitative estimate of drug-likeness (QED) is 0.427. The van der Waals surface area contributed by atoms with Crippen molar-refractivity contribution in [2.24, 2.45) is 23.0 Å². The number of nitrogens with one attached hydrogen (secondary N) is 3. The van der Waals surface area contributed by atoms with E-state index in [1.54, 1.807) is 0 Å². The van der Waals surface area contributed by atoms with E-state index in [4.69, 9.17) is 15.2 Å². The van der Waals surface area contributed by atoms with Gasteiger partial charge in [0.05, 0.1) is 24.5 Å². The van der Waals surface area contributed by atoms with Gasteiger partial charge in [0, 0.05) is 6.04 Å². The van der Waals surface area contributed by atoms with E-state index in [0.29, 0.717) is 19.3 Å². The highest BCUT2D eigenvalue weighted by atomic mass is 19.4. The monoisotopic (exact) mass is 448 g/mol. The van der Waals surface area contributed by atoms with Gasteiger partial charge in [-0.15, -0.1) is 0 Å². The lowest BCUT2D eigenvalue weighted by Gasteiger charge is -2.44. The fraction of sp³-hybridized carbons (Fsp3) is 1.00. The first-order valence-electron chi connectivity index (χ1n) is 10.2. The number of piperidine rings is 1. The van der Waals surface area contributed by atoms with Crippen molar-refractivity contribution in [3.63, 3.8) is 0 Å². The zero-order valence-electron chi connectivity index (χ0n) is 16.9. The van der Waals surface area contributed by atoms with Crippen LogP contribution in [0.15, 0.2) is 0 Å². The Morgan fingerprint density at radius 1 is 0.900 bits per heavy atom. The van der Waals surface area contributed by atoms with Crippen LogP contribution in [0.25, 0.3) is 0 Å². The summed E-state index contributed by atoms with van der Waals surface area (Å²) in [4.78, 5) is 0. The average Bonchev–Trinajstić information content (AvgIpc) is 3.06. The molecular weight excluding hydrogens is 418 g/mol. The minimum absolute atomic E-state index is 0.0434. The smallest absolute Gasteiger partial charge is 0.362 e. The minimum Gasteiger partial charge on any atom is -0.362 e. The Morgan fingerprint density at radius 2 is 1.53 bits per heavy atom. The van der Waals surface area contributed by atoms with Crippen molar-refractivity contribution in [2.45, 2.75) is 89.1 Å². The first kappa shape index (κ1) is 24.0. The molecule has 5 N–H and O–H groups in total. The van der Waals surface area contributed by atoms with Gasteiger partial charge in [-0.1, -0.05) is 26.7 Å². The molecule has 176 valence electrons. The Bertz CT molecular complexity index is 588. The van der Waals surface area contributed by atoms with E-state index < -0.39 is 66.8 Å². The summed E-state index contributed by atoms with van der Waals surface area (Å²) in [6.45, 7) is 3.72. The highest BCUT2D eigenvalue weighted by Gasteiger charge is 2.54. The van der Waals surface area contributed by atoms with E-state index in [2.05, 4.69) is 16.2 Å². The zero-order valence-corrected chi connectivity index (χ0v) is 16.9. The third-order valence-electron chi connectivity index (χ3n) is 6.18. The summed E-state index contributed by atoms with van der Waals surface area (Å²) in [7, 11) is 0. The average molecular weight is 448 g/mol. The van der Waals surface area contributed by atoms with Crippen LogP contribution in [0.5, 0.6) is 0 Å². The van der Waals surface area contributed by atoms with Crippen LogP contribution in [0.3, 0.4) is 0 Å².